The van der Waals surface area contributed by atoms with Gasteiger partial charge in [0.15, 0.2) is 0 Å². The minimum absolute atomic E-state index is 0.275. The van der Waals surface area contributed by atoms with Crippen molar-refractivity contribution in [3.63, 3.8) is 0 Å². The van der Waals surface area contributed by atoms with Gasteiger partial charge in [0, 0.05) is 5.56 Å². The summed E-state index contributed by atoms with van der Waals surface area (Å²) in [5, 5.41) is 3.63. The second-order valence-corrected chi connectivity index (χ2v) is 3.43. The molecule has 1 heterocycles. The third-order valence-electron chi connectivity index (χ3n) is 1.55. The van der Waals surface area contributed by atoms with Crippen LogP contribution < -0.4 is 0 Å². The molecule has 0 unspecified atom stereocenters. The van der Waals surface area contributed by atoms with E-state index in [2.05, 4.69) is 14.7 Å². The Morgan fingerprint density at radius 1 is 1.38 bits per heavy atom. The molecule has 0 saturated heterocycles. The molecule has 2 rings (SSSR count). The molecule has 0 radical (unpaired) electrons. The first-order chi connectivity index (χ1) is 6.29. The van der Waals surface area contributed by atoms with Gasteiger partial charge in [-0.3, -0.25) is 0 Å². The highest BCUT2D eigenvalue weighted by molar-refractivity contribution is 14.1. The van der Waals surface area contributed by atoms with Crippen LogP contribution >= 0.6 is 22.6 Å². The molecule has 1 aromatic carbocycles. The lowest BCUT2D eigenvalue weighted by molar-refractivity contribution is 0.418. The van der Waals surface area contributed by atoms with Gasteiger partial charge in [-0.2, -0.15) is 4.98 Å². The highest BCUT2D eigenvalue weighted by Gasteiger charge is 2.10. The lowest BCUT2D eigenvalue weighted by Gasteiger charge is -1.98. The first-order valence-corrected chi connectivity index (χ1v) is 4.57. The van der Waals surface area contributed by atoms with Gasteiger partial charge in [0.1, 0.15) is 5.82 Å². The summed E-state index contributed by atoms with van der Waals surface area (Å²) < 4.78 is 18.2. The monoisotopic (exact) mass is 290 g/mol. The summed E-state index contributed by atoms with van der Waals surface area (Å²) >= 11 is 1.91. The largest absolute Gasteiger partial charge is 0.342 e. The Hall–Kier alpha value is -0.980. The molecule has 66 valence electrons. The molecular formula is C8H4FIN2O. The van der Waals surface area contributed by atoms with E-state index in [0.29, 0.717) is 15.0 Å². The zero-order chi connectivity index (χ0) is 9.26. The SMILES string of the molecule is Fc1cccc(-c2ncon2)c1I. The molecular weight excluding hydrogens is 286 g/mol. The van der Waals surface area contributed by atoms with E-state index in [4.69, 9.17) is 0 Å². The maximum atomic E-state index is 13.1. The molecule has 0 saturated carbocycles. The number of halogens is 2. The summed E-state index contributed by atoms with van der Waals surface area (Å²) in [6.45, 7) is 0. The number of aromatic nitrogens is 2. The van der Waals surface area contributed by atoms with Crippen LogP contribution in [0.2, 0.25) is 0 Å². The van der Waals surface area contributed by atoms with Gasteiger partial charge in [-0.1, -0.05) is 11.2 Å². The van der Waals surface area contributed by atoms with Crippen LogP contribution in [-0.2, 0) is 0 Å². The van der Waals surface area contributed by atoms with Crippen molar-refractivity contribution in [1.82, 2.24) is 10.1 Å². The average Bonchev–Trinajstić information content (AvgIpc) is 2.62. The van der Waals surface area contributed by atoms with E-state index < -0.39 is 0 Å². The Bertz CT molecular complexity index is 416. The number of hydrogen-bond acceptors (Lipinski definition) is 3. The predicted molar refractivity (Wildman–Crippen MR) is 52.4 cm³/mol. The predicted octanol–water partition coefficient (Wildman–Crippen LogP) is 2.48. The Labute approximate surface area is 87.1 Å². The second-order valence-electron chi connectivity index (χ2n) is 2.36. The first-order valence-electron chi connectivity index (χ1n) is 3.50. The minimum atomic E-state index is -0.275. The molecule has 5 heteroatoms. The van der Waals surface area contributed by atoms with Crippen LogP contribution in [0.3, 0.4) is 0 Å². The van der Waals surface area contributed by atoms with Gasteiger partial charge in [0.2, 0.25) is 12.2 Å². The molecule has 0 spiro atoms. The van der Waals surface area contributed by atoms with Crippen molar-refractivity contribution in [3.05, 3.63) is 34.0 Å². The van der Waals surface area contributed by atoms with Crippen molar-refractivity contribution in [3.8, 4) is 11.4 Å². The number of rotatable bonds is 1. The summed E-state index contributed by atoms with van der Waals surface area (Å²) in [6.07, 6.45) is 1.22. The molecule has 0 amide bonds. The second kappa shape index (κ2) is 3.41. The zero-order valence-electron chi connectivity index (χ0n) is 6.37. The van der Waals surface area contributed by atoms with Crippen LogP contribution in [0.1, 0.15) is 0 Å². The standard InChI is InChI=1S/C8H4FIN2O/c9-6-3-1-2-5(7(6)10)8-11-4-13-12-8/h1-4H. The van der Waals surface area contributed by atoms with E-state index in [9.17, 15) is 4.39 Å². The van der Waals surface area contributed by atoms with E-state index >= 15 is 0 Å². The van der Waals surface area contributed by atoms with E-state index in [1.165, 1.54) is 12.5 Å². The maximum Gasteiger partial charge on any atom is 0.214 e. The van der Waals surface area contributed by atoms with Crippen LogP contribution in [0.5, 0.6) is 0 Å². The molecule has 0 aliphatic heterocycles. The van der Waals surface area contributed by atoms with Gasteiger partial charge in [-0.15, -0.1) is 0 Å². The summed E-state index contributed by atoms with van der Waals surface area (Å²) in [4.78, 5) is 3.84. The molecule has 0 N–H and O–H groups in total. The third-order valence-corrected chi connectivity index (χ3v) is 2.65. The van der Waals surface area contributed by atoms with Crippen molar-refractivity contribution in [2.75, 3.05) is 0 Å². The molecule has 2 aromatic rings. The van der Waals surface area contributed by atoms with E-state index in [1.807, 2.05) is 22.6 Å². The minimum Gasteiger partial charge on any atom is -0.342 e. The van der Waals surface area contributed by atoms with E-state index in [-0.39, 0.29) is 5.82 Å². The molecule has 0 fully saturated rings. The fourth-order valence-electron chi connectivity index (χ4n) is 0.966. The van der Waals surface area contributed by atoms with Crippen LogP contribution in [0.25, 0.3) is 11.4 Å². The lowest BCUT2D eigenvalue weighted by Crippen LogP contribution is -1.88. The van der Waals surface area contributed by atoms with Crippen LogP contribution in [-0.4, -0.2) is 10.1 Å². The highest BCUT2D eigenvalue weighted by atomic mass is 127. The number of benzene rings is 1. The molecule has 3 nitrogen and oxygen atoms in total. The topological polar surface area (TPSA) is 38.9 Å². The number of nitrogens with zero attached hydrogens (tertiary/aromatic N) is 2. The van der Waals surface area contributed by atoms with Crippen molar-refractivity contribution >= 4 is 22.6 Å². The Morgan fingerprint density at radius 2 is 2.23 bits per heavy atom. The van der Waals surface area contributed by atoms with Crippen LogP contribution in [0.4, 0.5) is 4.39 Å². The van der Waals surface area contributed by atoms with Crippen molar-refractivity contribution in [2.24, 2.45) is 0 Å². The van der Waals surface area contributed by atoms with Gasteiger partial charge in [0.25, 0.3) is 0 Å². The molecule has 1 aromatic heterocycles. The highest BCUT2D eigenvalue weighted by Crippen LogP contribution is 2.23. The third kappa shape index (κ3) is 1.55. The maximum absolute atomic E-state index is 13.1. The van der Waals surface area contributed by atoms with Gasteiger partial charge in [-0.05, 0) is 34.7 Å². The Morgan fingerprint density at radius 3 is 2.92 bits per heavy atom. The summed E-state index contributed by atoms with van der Waals surface area (Å²) in [6, 6.07) is 4.75. The smallest absolute Gasteiger partial charge is 0.214 e. The first kappa shape index (κ1) is 8.61. The fraction of sp³-hybridized carbons (Fsp3) is 0. The average molecular weight is 290 g/mol. The molecule has 0 atom stereocenters. The van der Waals surface area contributed by atoms with Gasteiger partial charge < -0.3 is 4.52 Å². The van der Waals surface area contributed by atoms with Crippen LogP contribution in [0.15, 0.2) is 29.1 Å². The molecule has 0 bridgehead atoms. The Balaban J connectivity index is 2.59. The summed E-state index contributed by atoms with van der Waals surface area (Å²) in [7, 11) is 0. The molecule has 0 aliphatic carbocycles. The normalized spacial score (nSPS) is 10.3. The van der Waals surface area contributed by atoms with E-state index in [1.54, 1.807) is 12.1 Å². The van der Waals surface area contributed by atoms with Gasteiger partial charge in [-0.25, -0.2) is 4.39 Å². The van der Waals surface area contributed by atoms with Crippen molar-refractivity contribution in [1.29, 1.82) is 0 Å². The summed E-state index contributed by atoms with van der Waals surface area (Å²) in [5.41, 5.74) is 0.648. The van der Waals surface area contributed by atoms with Gasteiger partial charge >= 0.3 is 0 Å². The van der Waals surface area contributed by atoms with E-state index in [0.717, 1.165) is 0 Å². The summed E-state index contributed by atoms with van der Waals surface area (Å²) in [5.74, 6) is 0.131. The van der Waals surface area contributed by atoms with Crippen molar-refractivity contribution in [2.45, 2.75) is 0 Å². The molecule has 13 heavy (non-hydrogen) atoms. The van der Waals surface area contributed by atoms with Crippen molar-refractivity contribution < 1.29 is 8.91 Å². The van der Waals surface area contributed by atoms with Gasteiger partial charge in [0.05, 0.1) is 3.57 Å². The van der Waals surface area contributed by atoms with Crippen LogP contribution in [0, 0.1) is 9.39 Å². The zero-order valence-corrected chi connectivity index (χ0v) is 8.53. The quantitative estimate of drug-likeness (QED) is 0.757. The molecule has 0 aliphatic rings. The number of hydrogen-bond donors (Lipinski definition) is 0. The fourth-order valence-corrected chi connectivity index (χ4v) is 1.57. The Kier molecular flexibility index (Phi) is 2.26. The lowest BCUT2D eigenvalue weighted by atomic mass is 10.2.